The van der Waals surface area contributed by atoms with E-state index in [2.05, 4.69) is 162 Å². The summed E-state index contributed by atoms with van der Waals surface area (Å²) in [4.78, 5) is 6.82. The Morgan fingerprint density at radius 2 is 1.22 bits per heavy atom. The third-order valence-electron chi connectivity index (χ3n) is 11.0. The SMILES string of the molecule is Cc1cccc(C)c1B1Oc2cccnc2N1c1[c-]c(Oc2[c-]c(-n3[c-][n+](-c4ccccc4-n4c5ccccc5c5ccccc54)c4ccccc43)ccc2)ccc1.[Pt]. The summed E-state index contributed by atoms with van der Waals surface area (Å²) in [5.74, 6) is 2.56. The monoisotopic (exact) mass is 942 g/mol. The van der Waals surface area contributed by atoms with Crippen molar-refractivity contribution in [3.05, 3.63) is 200 Å². The minimum absolute atomic E-state index is 0. The maximum atomic E-state index is 6.57. The number of anilines is 2. The second kappa shape index (κ2) is 14.8. The first kappa shape index (κ1) is 36.5. The molecule has 0 aliphatic carbocycles. The van der Waals surface area contributed by atoms with Crippen LogP contribution in [0.5, 0.6) is 17.2 Å². The molecule has 3 aromatic heterocycles. The Bertz CT molecular complexity index is 3140. The summed E-state index contributed by atoms with van der Waals surface area (Å²) < 4.78 is 19.6. The molecule has 0 radical (unpaired) electrons. The number of aryl methyl sites for hydroxylation is 2. The summed E-state index contributed by atoms with van der Waals surface area (Å²) in [6.07, 6.45) is 5.48. The molecule has 59 heavy (non-hydrogen) atoms. The Labute approximate surface area is 356 Å². The Kier molecular flexibility index (Phi) is 9.15. The van der Waals surface area contributed by atoms with Crippen molar-refractivity contribution in [1.29, 1.82) is 0 Å². The van der Waals surface area contributed by atoms with Crippen LogP contribution in [-0.2, 0) is 21.1 Å². The van der Waals surface area contributed by atoms with Crippen LogP contribution in [0.15, 0.2) is 170 Å². The van der Waals surface area contributed by atoms with Gasteiger partial charge in [-0.1, -0.05) is 108 Å². The van der Waals surface area contributed by atoms with E-state index >= 15 is 0 Å². The van der Waals surface area contributed by atoms with Gasteiger partial charge >= 0.3 is 7.05 Å². The van der Waals surface area contributed by atoms with Gasteiger partial charge in [0.05, 0.1) is 33.4 Å². The van der Waals surface area contributed by atoms with Crippen molar-refractivity contribution < 1.29 is 35.0 Å². The Morgan fingerprint density at radius 3 is 1.97 bits per heavy atom. The number of para-hydroxylation sites is 6. The maximum Gasteiger partial charge on any atom is 0.524 e. The van der Waals surface area contributed by atoms with Crippen LogP contribution in [-0.4, -0.2) is 21.2 Å². The third kappa shape index (κ3) is 6.10. The molecule has 0 atom stereocenters. The number of imidazole rings is 1. The third-order valence-corrected chi connectivity index (χ3v) is 11.0. The van der Waals surface area contributed by atoms with Crippen LogP contribution in [0.25, 0.3) is 49.9 Å². The first-order chi connectivity index (χ1) is 28.6. The van der Waals surface area contributed by atoms with E-state index in [1.807, 2.05) is 53.1 Å². The van der Waals surface area contributed by atoms with Gasteiger partial charge in [-0.15, -0.1) is 30.3 Å². The number of fused-ring (bicyclic) bond motifs is 5. The maximum absolute atomic E-state index is 6.57. The van der Waals surface area contributed by atoms with Gasteiger partial charge in [-0.25, -0.2) is 4.98 Å². The number of nitrogens with zero attached hydrogens (tertiary/aromatic N) is 5. The van der Waals surface area contributed by atoms with Gasteiger partial charge in [0.2, 0.25) is 0 Å². The van der Waals surface area contributed by atoms with E-state index in [1.165, 1.54) is 10.8 Å². The number of ether oxygens (including phenoxy) is 1. The smallest absolute Gasteiger partial charge is 0.524 e. The minimum Gasteiger partial charge on any atom is -0.535 e. The molecule has 0 saturated carbocycles. The van der Waals surface area contributed by atoms with E-state index in [0.29, 0.717) is 11.5 Å². The van der Waals surface area contributed by atoms with Crippen molar-refractivity contribution in [2.45, 2.75) is 13.8 Å². The minimum atomic E-state index is -0.406. The topological polar surface area (TPSA) is 48.3 Å². The van der Waals surface area contributed by atoms with Gasteiger partial charge < -0.3 is 23.3 Å². The van der Waals surface area contributed by atoms with Gasteiger partial charge in [-0.2, -0.15) is 18.2 Å². The molecule has 0 bridgehead atoms. The fourth-order valence-corrected chi connectivity index (χ4v) is 8.41. The molecular formula is C50H34BN5O2Pt-2. The molecule has 0 saturated heterocycles. The Morgan fingerprint density at radius 1 is 0.610 bits per heavy atom. The molecule has 10 aromatic rings. The van der Waals surface area contributed by atoms with Crippen molar-refractivity contribution in [3.63, 3.8) is 0 Å². The first-order valence-electron chi connectivity index (χ1n) is 19.3. The number of benzene rings is 7. The van der Waals surface area contributed by atoms with Crippen LogP contribution >= 0.6 is 0 Å². The summed E-state index contributed by atoms with van der Waals surface area (Å²) in [7, 11) is -0.406. The summed E-state index contributed by atoms with van der Waals surface area (Å²) in [6.45, 7) is 4.23. The zero-order chi connectivity index (χ0) is 38.7. The van der Waals surface area contributed by atoms with E-state index in [4.69, 9.17) is 14.4 Å². The van der Waals surface area contributed by atoms with Crippen LogP contribution < -0.4 is 24.2 Å². The van der Waals surface area contributed by atoms with Gasteiger partial charge in [0, 0.05) is 49.5 Å². The van der Waals surface area contributed by atoms with E-state index in [-0.39, 0.29) is 21.1 Å². The molecule has 4 heterocycles. The molecule has 7 aromatic carbocycles. The molecular weight excluding hydrogens is 908 g/mol. The summed E-state index contributed by atoms with van der Waals surface area (Å²) in [6, 6.07) is 63.1. The fraction of sp³-hybridized carbons (Fsp3) is 0.0400. The van der Waals surface area contributed by atoms with E-state index in [1.54, 1.807) is 6.20 Å². The number of hydrogen-bond acceptors (Lipinski definition) is 4. The zero-order valence-electron chi connectivity index (χ0n) is 32.1. The molecule has 286 valence electrons. The Hall–Kier alpha value is -6.89. The molecule has 7 nitrogen and oxygen atoms in total. The Balaban J connectivity index is 0.00000420. The van der Waals surface area contributed by atoms with Crippen molar-refractivity contribution in [3.8, 4) is 34.3 Å². The first-order valence-corrected chi connectivity index (χ1v) is 19.3. The molecule has 1 aliphatic heterocycles. The van der Waals surface area contributed by atoms with Crippen LogP contribution in [0, 0.1) is 32.3 Å². The molecule has 9 heteroatoms. The van der Waals surface area contributed by atoms with Gasteiger partial charge in [0.15, 0.2) is 5.82 Å². The van der Waals surface area contributed by atoms with Crippen LogP contribution in [0.2, 0.25) is 0 Å². The zero-order valence-corrected chi connectivity index (χ0v) is 34.4. The van der Waals surface area contributed by atoms with E-state index in [9.17, 15) is 0 Å². The van der Waals surface area contributed by atoms with Crippen molar-refractivity contribution in [1.82, 2.24) is 14.1 Å². The molecule has 11 rings (SSSR count). The van der Waals surface area contributed by atoms with Crippen LogP contribution in [0.4, 0.5) is 11.5 Å². The predicted molar refractivity (Wildman–Crippen MR) is 230 cm³/mol. The second-order valence-electron chi connectivity index (χ2n) is 14.5. The quantitative estimate of drug-likeness (QED) is 0.0908. The van der Waals surface area contributed by atoms with E-state index < -0.39 is 7.05 Å². The van der Waals surface area contributed by atoms with Crippen molar-refractivity contribution >= 4 is 56.9 Å². The van der Waals surface area contributed by atoms with Gasteiger partial charge in [-0.05, 0) is 61.4 Å². The number of pyridine rings is 1. The molecule has 0 amide bonds. The normalized spacial score (nSPS) is 12.2. The van der Waals surface area contributed by atoms with Gasteiger partial charge in [0.1, 0.15) is 5.75 Å². The average Bonchev–Trinajstić information content (AvgIpc) is 3.94. The number of aromatic nitrogens is 4. The number of hydrogen-bond donors (Lipinski definition) is 0. The summed E-state index contributed by atoms with van der Waals surface area (Å²) >= 11 is 0. The second-order valence-corrected chi connectivity index (χ2v) is 14.5. The van der Waals surface area contributed by atoms with Gasteiger partial charge in [-0.3, -0.25) is 4.57 Å². The molecule has 0 fully saturated rings. The standard InChI is InChI=1S/C50H34BN5O2.Pt/c1-34-15-11-16-35(2)49(34)51-56(50-48(58-51)29-14-30-52-50)37-18-13-20-39(32-37)57-38-19-12-17-36(31-38)53-33-54(45-26-8-7-25-44(45)53)46-27-9-10-28-47(46)55-42-23-5-3-21-40(42)41-22-4-6-24-43(41)55;/h3-30H,1-2H3;/q-2;. The van der Waals surface area contributed by atoms with Crippen LogP contribution in [0.3, 0.4) is 0 Å². The van der Waals surface area contributed by atoms with E-state index in [0.717, 1.165) is 73.0 Å². The average molecular weight is 943 g/mol. The predicted octanol–water partition coefficient (Wildman–Crippen LogP) is 10.1. The summed E-state index contributed by atoms with van der Waals surface area (Å²) in [5, 5.41) is 2.44. The molecule has 0 N–H and O–H groups in total. The van der Waals surface area contributed by atoms with Crippen molar-refractivity contribution in [2.75, 3.05) is 4.81 Å². The fourth-order valence-electron chi connectivity index (χ4n) is 8.41. The summed E-state index contributed by atoms with van der Waals surface area (Å²) in [5.41, 5.74) is 11.3. The largest absolute Gasteiger partial charge is 0.535 e. The van der Waals surface area contributed by atoms with Crippen molar-refractivity contribution in [2.24, 2.45) is 0 Å². The van der Waals surface area contributed by atoms with Crippen LogP contribution in [0.1, 0.15) is 11.1 Å². The molecule has 0 unspecified atom stereocenters. The van der Waals surface area contributed by atoms with Gasteiger partial charge in [0.25, 0.3) is 6.33 Å². The molecule has 1 aliphatic rings. The number of rotatable bonds is 7. The molecule has 0 spiro atoms.